The minimum absolute atomic E-state index is 0.0271. The Bertz CT molecular complexity index is 817. The summed E-state index contributed by atoms with van der Waals surface area (Å²) in [6, 6.07) is 13.5. The van der Waals surface area contributed by atoms with Gasteiger partial charge >= 0.3 is 0 Å². The van der Waals surface area contributed by atoms with Crippen molar-refractivity contribution in [2.75, 3.05) is 18.1 Å². The third-order valence-corrected chi connectivity index (χ3v) is 5.71. The minimum Gasteiger partial charge on any atom is -0.381 e. The van der Waals surface area contributed by atoms with Gasteiger partial charge in [-0.25, -0.2) is 8.42 Å². The summed E-state index contributed by atoms with van der Waals surface area (Å²) in [5.74, 6) is -0.193. The van der Waals surface area contributed by atoms with Crippen LogP contribution in [0.15, 0.2) is 53.4 Å². The normalized spacial score (nSPS) is 12.5. The maximum absolute atomic E-state index is 12.4. The lowest BCUT2D eigenvalue weighted by Crippen LogP contribution is -2.27. The Kier molecular flexibility index (Phi) is 5.62. The van der Waals surface area contributed by atoms with Crippen molar-refractivity contribution in [3.63, 3.8) is 0 Å². The summed E-state index contributed by atoms with van der Waals surface area (Å²) in [5.41, 5.74) is 2.12. The molecular weight excluding hydrogens is 324 g/mol. The van der Waals surface area contributed by atoms with Gasteiger partial charge in [0.2, 0.25) is 0 Å². The highest BCUT2D eigenvalue weighted by Gasteiger charge is 2.19. The highest BCUT2D eigenvalue weighted by atomic mass is 32.2. The molecule has 0 saturated carbocycles. The Morgan fingerprint density at radius 2 is 1.75 bits per heavy atom. The molecule has 1 amide bonds. The van der Waals surface area contributed by atoms with Crippen molar-refractivity contribution in [1.82, 2.24) is 5.32 Å². The van der Waals surface area contributed by atoms with Gasteiger partial charge in [-0.05, 0) is 43.7 Å². The maximum Gasteiger partial charge on any atom is 0.251 e. The fourth-order valence-electron chi connectivity index (χ4n) is 2.53. The third-order valence-electron chi connectivity index (χ3n) is 3.78. The third kappa shape index (κ3) is 4.14. The first-order chi connectivity index (χ1) is 11.3. The molecule has 0 spiro atoms. The van der Waals surface area contributed by atoms with Gasteiger partial charge in [0, 0.05) is 24.3 Å². The number of rotatable bonds is 6. The van der Waals surface area contributed by atoms with E-state index in [0.29, 0.717) is 10.5 Å². The molecule has 0 unspecified atom stereocenters. The van der Waals surface area contributed by atoms with Crippen molar-refractivity contribution in [2.24, 2.45) is 0 Å². The van der Waals surface area contributed by atoms with Crippen molar-refractivity contribution in [2.45, 2.75) is 24.8 Å². The first kappa shape index (κ1) is 18.0. The standard InChI is InChI=1S/C18H22N2O3S/c1-13(12-24(22,23)15-8-5-4-6-9-15)20-17-11-7-10-16(14(17)2)18(21)19-3/h4-11,13,20H,12H2,1-3H3,(H,19,21)/t13-/m0/s1. The van der Waals surface area contributed by atoms with Crippen LogP contribution in [0, 0.1) is 6.92 Å². The molecule has 5 nitrogen and oxygen atoms in total. The van der Waals surface area contributed by atoms with Crippen LogP contribution < -0.4 is 10.6 Å². The molecular formula is C18H22N2O3S. The summed E-state index contributed by atoms with van der Waals surface area (Å²) in [4.78, 5) is 12.2. The molecule has 0 fully saturated rings. The summed E-state index contributed by atoms with van der Waals surface area (Å²) in [6.45, 7) is 3.65. The zero-order valence-electron chi connectivity index (χ0n) is 14.0. The van der Waals surface area contributed by atoms with Gasteiger partial charge in [0.25, 0.3) is 5.91 Å². The van der Waals surface area contributed by atoms with Crippen molar-refractivity contribution in [3.05, 3.63) is 59.7 Å². The van der Waals surface area contributed by atoms with E-state index >= 15 is 0 Å². The Labute approximate surface area is 143 Å². The predicted molar refractivity (Wildman–Crippen MR) is 96.1 cm³/mol. The van der Waals surface area contributed by atoms with Crippen molar-refractivity contribution >= 4 is 21.4 Å². The lowest BCUT2D eigenvalue weighted by atomic mass is 10.1. The van der Waals surface area contributed by atoms with E-state index in [1.165, 1.54) is 0 Å². The highest BCUT2D eigenvalue weighted by Crippen LogP contribution is 2.21. The molecule has 1 atom stereocenters. The van der Waals surface area contributed by atoms with Crippen molar-refractivity contribution < 1.29 is 13.2 Å². The van der Waals surface area contributed by atoms with E-state index in [2.05, 4.69) is 10.6 Å². The highest BCUT2D eigenvalue weighted by molar-refractivity contribution is 7.91. The van der Waals surface area contributed by atoms with E-state index in [9.17, 15) is 13.2 Å². The predicted octanol–water partition coefficient (Wildman–Crippen LogP) is 2.63. The van der Waals surface area contributed by atoms with E-state index in [-0.39, 0.29) is 17.7 Å². The van der Waals surface area contributed by atoms with E-state index < -0.39 is 9.84 Å². The summed E-state index contributed by atoms with van der Waals surface area (Å²) in [7, 11) is -1.79. The number of anilines is 1. The Morgan fingerprint density at radius 1 is 1.08 bits per heavy atom. The van der Waals surface area contributed by atoms with Crippen LogP contribution >= 0.6 is 0 Å². The molecule has 0 saturated heterocycles. The molecule has 0 aromatic heterocycles. The zero-order chi connectivity index (χ0) is 17.7. The summed E-state index contributed by atoms with van der Waals surface area (Å²) >= 11 is 0. The molecule has 2 rings (SSSR count). The average Bonchev–Trinajstić information content (AvgIpc) is 2.56. The second-order valence-corrected chi connectivity index (χ2v) is 7.73. The number of carbonyl (C=O) groups is 1. The Morgan fingerprint density at radius 3 is 2.38 bits per heavy atom. The van der Waals surface area contributed by atoms with Crippen LogP contribution in [0.4, 0.5) is 5.69 Å². The second-order valence-electron chi connectivity index (χ2n) is 5.70. The average molecular weight is 346 g/mol. The van der Waals surface area contributed by atoms with Gasteiger partial charge in [0.15, 0.2) is 9.84 Å². The van der Waals surface area contributed by atoms with E-state index in [0.717, 1.165) is 11.3 Å². The topological polar surface area (TPSA) is 75.3 Å². The van der Waals surface area contributed by atoms with E-state index in [1.54, 1.807) is 49.5 Å². The lowest BCUT2D eigenvalue weighted by molar-refractivity contribution is 0.0962. The van der Waals surface area contributed by atoms with Gasteiger partial charge in [-0.15, -0.1) is 0 Å². The molecule has 0 radical (unpaired) electrons. The molecule has 6 heteroatoms. The summed E-state index contributed by atoms with van der Waals surface area (Å²) in [6.07, 6.45) is 0. The van der Waals surface area contributed by atoms with Crippen LogP contribution in [0.25, 0.3) is 0 Å². The first-order valence-electron chi connectivity index (χ1n) is 7.71. The van der Waals surface area contributed by atoms with Crippen molar-refractivity contribution in [3.8, 4) is 0 Å². The molecule has 0 bridgehead atoms. The van der Waals surface area contributed by atoms with Gasteiger partial charge in [-0.3, -0.25) is 4.79 Å². The zero-order valence-corrected chi connectivity index (χ0v) is 14.9. The summed E-state index contributed by atoms with van der Waals surface area (Å²) < 4.78 is 24.9. The van der Waals surface area contributed by atoms with Crippen LogP contribution in [0.2, 0.25) is 0 Å². The number of carbonyl (C=O) groups excluding carboxylic acids is 1. The molecule has 0 aliphatic heterocycles. The van der Waals surface area contributed by atoms with Crippen LogP contribution in [0.3, 0.4) is 0 Å². The van der Waals surface area contributed by atoms with Crippen LogP contribution in [-0.4, -0.2) is 33.2 Å². The number of sulfone groups is 1. The SMILES string of the molecule is CNC(=O)c1cccc(N[C@@H](C)CS(=O)(=O)c2ccccc2)c1C. The molecule has 2 aromatic rings. The lowest BCUT2D eigenvalue weighted by Gasteiger charge is -2.18. The monoisotopic (exact) mass is 346 g/mol. The molecule has 0 heterocycles. The maximum atomic E-state index is 12.4. The van der Waals surface area contributed by atoms with Gasteiger partial charge in [-0.1, -0.05) is 24.3 Å². The fraction of sp³-hybridized carbons (Fsp3) is 0.278. The number of benzene rings is 2. The Hall–Kier alpha value is -2.34. The first-order valence-corrected chi connectivity index (χ1v) is 9.36. The van der Waals surface area contributed by atoms with E-state index in [4.69, 9.17) is 0 Å². The number of hydrogen-bond acceptors (Lipinski definition) is 4. The van der Waals surface area contributed by atoms with E-state index in [1.807, 2.05) is 19.9 Å². The van der Waals surface area contributed by atoms with Gasteiger partial charge in [0.1, 0.15) is 0 Å². The van der Waals surface area contributed by atoms with Gasteiger partial charge in [-0.2, -0.15) is 0 Å². The number of amides is 1. The number of hydrogen-bond donors (Lipinski definition) is 2. The number of nitrogens with one attached hydrogen (secondary N) is 2. The Balaban J connectivity index is 2.16. The quantitative estimate of drug-likeness (QED) is 0.843. The molecule has 2 N–H and O–H groups in total. The smallest absolute Gasteiger partial charge is 0.251 e. The molecule has 24 heavy (non-hydrogen) atoms. The fourth-order valence-corrected chi connectivity index (χ4v) is 4.04. The molecule has 0 aliphatic carbocycles. The molecule has 128 valence electrons. The van der Waals surface area contributed by atoms with Crippen molar-refractivity contribution in [1.29, 1.82) is 0 Å². The van der Waals surface area contributed by atoms with Crippen LogP contribution in [0.1, 0.15) is 22.8 Å². The van der Waals surface area contributed by atoms with Crippen LogP contribution in [0.5, 0.6) is 0 Å². The van der Waals surface area contributed by atoms with Gasteiger partial charge in [0.05, 0.1) is 10.6 Å². The second kappa shape index (κ2) is 7.49. The largest absolute Gasteiger partial charge is 0.381 e. The van der Waals surface area contributed by atoms with Crippen LogP contribution in [-0.2, 0) is 9.84 Å². The van der Waals surface area contributed by atoms with Gasteiger partial charge < -0.3 is 10.6 Å². The summed E-state index contributed by atoms with van der Waals surface area (Å²) in [5, 5.41) is 5.80. The molecule has 0 aliphatic rings. The molecule has 2 aromatic carbocycles. The minimum atomic E-state index is -3.37.